The van der Waals surface area contributed by atoms with Crippen LogP contribution in [0.5, 0.6) is 11.5 Å². The van der Waals surface area contributed by atoms with E-state index in [0.29, 0.717) is 19.0 Å². The van der Waals surface area contributed by atoms with Gasteiger partial charge < -0.3 is 9.47 Å². The van der Waals surface area contributed by atoms with Crippen molar-refractivity contribution in [2.75, 3.05) is 13.2 Å². The SMILES string of the molecule is CCOc1ccc(OCCC(=O)Cl)cc1. The fourth-order valence-corrected chi connectivity index (χ4v) is 1.13. The van der Waals surface area contributed by atoms with Crippen LogP contribution in [0.15, 0.2) is 24.3 Å². The molecule has 0 unspecified atom stereocenters. The first kappa shape index (κ1) is 11.9. The Morgan fingerprint density at radius 1 is 1.20 bits per heavy atom. The van der Waals surface area contributed by atoms with E-state index in [1.165, 1.54) is 0 Å². The van der Waals surface area contributed by atoms with Gasteiger partial charge in [0.15, 0.2) is 0 Å². The Kier molecular flexibility index (Phi) is 4.98. The second kappa shape index (κ2) is 6.30. The molecule has 0 atom stereocenters. The fraction of sp³-hybridized carbons (Fsp3) is 0.364. The highest BCUT2D eigenvalue weighted by Crippen LogP contribution is 2.17. The summed E-state index contributed by atoms with van der Waals surface area (Å²) in [7, 11) is 0. The van der Waals surface area contributed by atoms with E-state index in [1.807, 2.05) is 19.1 Å². The number of ether oxygens (including phenoxy) is 2. The molecular weight excluding hydrogens is 216 g/mol. The molecule has 0 saturated heterocycles. The lowest BCUT2D eigenvalue weighted by molar-refractivity contribution is -0.112. The molecule has 1 rings (SSSR count). The van der Waals surface area contributed by atoms with Gasteiger partial charge in [-0.25, -0.2) is 0 Å². The highest BCUT2D eigenvalue weighted by molar-refractivity contribution is 6.63. The Morgan fingerprint density at radius 2 is 1.73 bits per heavy atom. The van der Waals surface area contributed by atoms with Crippen molar-refractivity contribution < 1.29 is 14.3 Å². The summed E-state index contributed by atoms with van der Waals surface area (Å²) in [5.41, 5.74) is 0. The highest BCUT2D eigenvalue weighted by atomic mass is 35.5. The first-order valence-electron chi connectivity index (χ1n) is 4.76. The summed E-state index contributed by atoms with van der Waals surface area (Å²) in [5, 5.41) is -0.388. The van der Waals surface area contributed by atoms with Crippen LogP contribution in [0, 0.1) is 0 Å². The first-order chi connectivity index (χ1) is 7.22. The molecule has 4 heteroatoms. The summed E-state index contributed by atoms with van der Waals surface area (Å²) < 4.78 is 10.6. The van der Waals surface area contributed by atoms with Gasteiger partial charge in [-0.3, -0.25) is 4.79 Å². The largest absolute Gasteiger partial charge is 0.494 e. The Labute approximate surface area is 93.9 Å². The van der Waals surface area contributed by atoms with Gasteiger partial charge in [-0.05, 0) is 42.8 Å². The molecule has 0 bridgehead atoms. The summed E-state index contributed by atoms with van der Waals surface area (Å²) in [5.74, 6) is 1.51. The molecule has 1 aromatic carbocycles. The number of benzene rings is 1. The van der Waals surface area contributed by atoms with Gasteiger partial charge >= 0.3 is 0 Å². The number of carbonyl (C=O) groups is 1. The zero-order chi connectivity index (χ0) is 11.1. The van der Waals surface area contributed by atoms with Crippen LogP contribution in [-0.4, -0.2) is 18.5 Å². The van der Waals surface area contributed by atoms with E-state index in [1.54, 1.807) is 12.1 Å². The van der Waals surface area contributed by atoms with Gasteiger partial charge in [0.2, 0.25) is 5.24 Å². The third kappa shape index (κ3) is 4.70. The smallest absolute Gasteiger partial charge is 0.225 e. The summed E-state index contributed by atoms with van der Waals surface area (Å²) in [6.07, 6.45) is 0.217. The Morgan fingerprint density at radius 3 is 2.20 bits per heavy atom. The minimum atomic E-state index is -0.388. The summed E-state index contributed by atoms with van der Waals surface area (Å²) in [6, 6.07) is 7.23. The van der Waals surface area contributed by atoms with Crippen LogP contribution in [0.3, 0.4) is 0 Å². The molecule has 0 spiro atoms. The maximum Gasteiger partial charge on any atom is 0.225 e. The minimum absolute atomic E-state index is 0.217. The number of halogens is 1. The molecule has 0 aromatic heterocycles. The van der Waals surface area contributed by atoms with E-state index in [0.717, 1.165) is 5.75 Å². The van der Waals surface area contributed by atoms with Crippen molar-refractivity contribution in [3.8, 4) is 11.5 Å². The minimum Gasteiger partial charge on any atom is -0.494 e. The van der Waals surface area contributed by atoms with E-state index in [9.17, 15) is 4.79 Å². The van der Waals surface area contributed by atoms with E-state index >= 15 is 0 Å². The Hall–Kier alpha value is -1.22. The molecule has 0 amide bonds. The molecule has 0 aliphatic carbocycles. The van der Waals surface area contributed by atoms with Crippen LogP contribution < -0.4 is 9.47 Å². The number of hydrogen-bond acceptors (Lipinski definition) is 3. The van der Waals surface area contributed by atoms with Crippen LogP contribution in [0.25, 0.3) is 0 Å². The van der Waals surface area contributed by atoms with Crippen LogP contribution in [0.2, 0.25) is 0 Å². The Bertz CT molecular complexity index is 308. The quantitative estimate of drug-likeness (QED) is 0.703. The van der Waals surface area contributed by atoms with Crippen molar-refractivity contribution >= 4 is 16.8 Å². The van der Waals surface area contributed by atoms with Crippen molar-refractivity contribution in [3.05, 3.63) is 24.3 Å². The zero-order valence-electron chi connectivity index (χ0n) is 8.53. The second-order valence-electron chi connectivity index (χ2n) is 2.86. The third-order valence-corrected chi connectivity index (χ3v) is 1.89. The maximum atomic E-state index is 10.4. The van der Waals surface area contributed by atoms with Crippen molar-refractivity contribution in [2.24, 2.45) is 0 Å². The van der Waals surface area contributed by atoms with Gasteiger partial charge in [-0.1, -0.05) is 0 Å². The summed E-state index contributed by atoms with van der Waals surface area (Å²) >= 11 is 5.17. The van der Waals surface area contributed by atoms with Crippen LogP contribution >= 0.6 is 11.6 Å². The van der Waals surface area contributed by atoms with Crippen molar-refractivity contribution in [2.45, 2.75) is 13.3 Å². The van der Waals surface area contributed by atoms with Gasteiger partial charge in [-0.2, -0.15) is 0 Å². The van der Waals surface area contributed by atoms with E-state index in [4.69, 9.17) is 21.1 Å². The van der Waals surface area contributed by atoms with E-state index in [-0.39, 0.29) is 11.7 Å². The van der Waals surface area contributed by atoms with Crippen molar-refractivity contribution in [1.82, 2.24) is 0 Å². The van der Waals surface area contributed by atoms with E-state index in [2.05, 4.69) is 0 Å². The molecule has 0 heterocycles. The standard InChI is InChI=1S/C11H13ClO3/c1-2-14-9-3-5-10(6-4-9)15-8-7-11(12)13/h3-6H,2,7-8H2,1H3. The van der Waals surface area contributed by atoms with E-state index < -0.39 is 0 Å². The van der Waals surface area contributed by atoms with Crippen LogP contribution in [0.4, 0.5) is 0 Å². The predicted octanol–water partition coefficient (Wildman–Crippen LogP) is 2.62. The number of carbonyl (C=O) groups excluding carboxylic acids is 1. The molecule has 0 N–H and O–H groups in total. The van der Waals surface area contributed by atoms with Crippen LogP contribution in [-0.2, 0) is 4.79 Å². The molecule has 1 aromatic rings. The van der Waals surface area contributed by atoms with Gasteiger partial charge in [0, 0.05) is 0 Å². The summed E-state index contributed by atoms with van der Waals surface area (Å²) in [4.78, 5) is 10.4. The average molecular weight is 229 g/mol. The second-order valence-corrected chi connectivity index (χ2v) is 3.28. The molecule has 0 radical (unpaired) electrons. The van der Waals surface area contributed by atoms with Crippen molar-refractivity contribution in [3.63, 3.8) is 0 Å². The molecule has 0 aliphatic heterocycles. The fourth-order valence-electron chi connectivity index (χ4n) is 1.05. The topological polar surface area (TPSA) is 35.5 Å². The Balaban J connectivity index is 2.39. The van der Waals surface area contributed by atoms with Gasteiger partial charge in [0.1, 0.15) is 11.5 Å². The molecule has 3 nitrogen and oxygen atoms in total. The summed E-state index contributed by atoms with van der Waals surface area (Å²) in [6.45, 7) is 2.87. The zero-order valence-corrected chi connectivity index (χ0v) is 9.29. The monoisotopic (exact) mass is 228 g/mol. The average Bonchev–Trinajstić information content (AvgIpc) is 2.20. The molecular formula is C11H13ClO3. The molecule has 82 valence electrons. The number of hydrogen-bond donors (Lipinski definition) is 0. The first-order valence-corrected chi connectivity index (χ1v) is 5.14. The third-order valence-electron chi connectivity index (χ3n) is 1.70. The normalized spacial score (nSPS) is 9.73. The van der Waals surface area contributed by atoms with Gasteiger partial charge in [0.25, 0.3) is 0 Å². The molecule has 0 aliphatic rings. The lowest BCUT2D eigenvalue weighted by Gasteiger charge is -2.06. The van der Waals surface area contributed by atoms with Crippen molar-refractivity contribution in [1.29, 1.82) is 0 Å². The number of rotatable bonds is 6. The predicted molar refractivity (Wildman–Crippen MR) is 58.6 cm³/mol. The lowest BCUT2D eigenvalue weighted by atomic mass is 10.3. The molecule has 15 heavy (non-hydrogen) atoms. The molecule has 0 saturated carbocycles. The highest BCUT2D eigenvalue weighted by Gasteiger charge is 1.98. The maximum absolute atomic E-state index is 10.4. The lowest BCUT2D eigenvalue weighted by Crippen LogP contribution is -2.01. The van der Waals surface area contributed by atoms with Gasteiger partial charge in [-0.15, -0.1) is 0 Å². The van der Waals surface area contributed by atoms with Gasteiger partial charge in [0.05, 0.1) is 19.6 Å². The molecule has 0 fully saturated rings. The van der Waals surface area contributed by atoms with Crippen LogP contribution in [0.1, 0.15) is 13.3 Å².